The number of pyridine rings is 1. The van der Waals surface area contributed by atoms with Crippen LogP contribution in [0.2, 0.25) is 0 Å². The fraction of sp³-hybridized carbons (Fsp3) is 0.364. The van der Waals surface area contributed by atoms with Crippen molar-refractivity contribution in [3.05, 3.63) is 27.9 Å². The Morgan fingerprint density at radius 3 is 2.95 bits per heavy atom. The second-order valence-corrected chi connectivity index (χ2v) is 3.83. The van der Waals surface area contributed by atoms with Crippen LogP contribution in [0.3, 0.4) is 0 Å². The average molecular weight is 263 g/mol. The highest BCUT2D eigenvalue weighted by molar-refractivity contribution is 5.95. The van der Waals surface area contributed by atoms with E-state index in [1.807, 2.05) is 13.0 Å². The number of rotatable bonds is 5. The van der Waals surface area contributed by atoms with E-state index < -0.39 is 16.5 Å². The fourth-order valence-electron chi connectivity index (χ4n) is 1.41. The molecule has 0 bridgehead atoms. The van der Waals surface area contributed by atoms with E-state index in [1.165, 1.54) is 0 Å². The van der Waals surface area contributed by atoms with Gasteiger partial charge in [-0.15, -0.1) is 0 Å². The number of hydrogen-bond acceptors (Lipinski definition) is 6. The van der Waals surface area contributed by atoms with Gasteiger partial charge in [0.1, 0.15) is 0 Å². The molecule has 0 fully saturated rings. The van der Waals surface area contributed by atoms with Crippen molar-refractivity contribution >= 4 is 17.4 Å². The van der Waals surface area contributed by atoms with Crippen LogP contribution in [0.15, 0.2) is 12.3 Å². The average Bonchev–Trinajstić information content (AvgIpc) is 2.38. The van der Waals surface area contributed by atoms with Crippen molar-refractivity contribution < 1.29 is 9.72 Å². The number of carbonyl (C=O) groups excluding carboxylic acids is 1. The van der Waals surface area contributed by atoms with Crippen molar-refractivity contribution in [2.75, 3.05) is 5.73 Å². The maximum Gasteiger partial charge on any atom is 0.311 e. The zero-order valence-corrected chi connectivity index (χ0v) is 10.3. The molecular formula is C11H13N5O3. The second-order valence-electron chi connectivity index (χ2n) is 3.83. The van der Waals surface area contributed by atoms with Crippen LogP contribution in [0.1, 0.15) is 30.1 Å². The molecule has 8 heteroatoms. The molecule has 100 valence electrons. The molecule has 0 aliphatic heterocycles. The lowest BCUT2D eigenvalue weighted by molar-refractivity contribution is -0.384. The monoisotopic (exact) mass is 263 g/mol. The van der Waals surface area contributed by atoms with Gasteiger partial charge in [-0.1, -0.05) is 6.92 Å². The Morgan fingerprint density at radius 1 is 1.74 bits per heavy atom. The summed E-state index contributed by atoms with van der Waals surface area (Å²) in [6.07, 6.45) is 1.92. The van der Waals surface area contributed by atoms with Gasteiger partial charge in [0, 0.05) is 18.3 Å². The van der Waals surface area contributed by atoms with Gasteiger partial charge in [-0.3, -0.25) is 14.9 Å². The summed E-state index contributed by atoms with van der Waals surface area (Å²) in [5.74, 6) is -0.761. The highest BCUT2D eigenvalue weighted by atomic mass is 16.6. The van der Waals surface area contributed by atoms with Crippen molar-refractivity contribution in [1.29, 1.82) is 5.26 Å². The molecule has 1 atom stereocenters. The van der Waals surface area contributed by atoms with Gasteiger partial charge in [0.05, 0.1) is 23.0 Å². The minimum absolute atomic E-state index is 0.0392. The molecule has 1 unspecified atom stereocenters. The first-order valence-electron chi connectivity index (χ1n) is 5.57. The van der Waals surface area contributed by atoms with Crippen molar-refractivity contribution in [2.24, 2.45) is 0 Å². The zero-order chi connectivity index (χ0) is 14.4. The van der Waals surface area contributed by atoms with E-state index in [4.69, 9.17) is 11.0 Å². The predicted octanol–water partition coefficient (Wildman–Crippen LogP) is 0.994. The molecule has 0 aromatic carbocycles. The number of nitrogens with one attached hydrogen (secondary N) is 1. The van der Waals surface area contributed by atoms with Gasteiger partial charge in [-0.25, -0.2) is 4.98 Å². The zero-order valence-electron chi connectivity index (χ0n) is 10.3. The van der Waals surface area contributed by atoms with Crippen LogP contribution in [0.25, 0.3) is 0 Å². The summed E-state index contributed by atoms with van der Waals surface area (Å²) >= 11 is 0. The molecule has 1 amide bonds. The van der Waals surface area contributed by atoms with E-state index in [9.17, 15) is 14.9 Å². The van der Waals surface area contributed by atoms with Crippen LogP contribution >= 0.6 is 0 Å². The highest BCUT2D eigenvalue weighted by Crippen LogP contribution is 2.19. The molecular weight excluding hydrogens is 250 g/mol. The van der Waals surface area contributed by atoms with Crippen LogP contribution in [0.5, 0.6) is 0 Å². The molecule has 1 aromatic rings. The van der Waals surface area contributed by atoms with Crippen molar-refractivity contribution in [3.8, 4) is 6.07 Å². The van der Waals surface area contributed by atoms with Crippen LogP contribution in [-0.4, -0.2) is 21.9 Å². The Hall–Kier alpha value is -2.69. The lowest BCUT2D eigenvalue weighted by atomic mass is 10.1. The number of nitrogen functional groups attached to an aromatic ring is 1. The number of hydrogen-bond donors (Lipinski definition) is 2. The van der Waals surface area contributed by atoms with E-state index in [0.717, 1.165) is 12.3 Å². The minimum atomic E-state index is -0.703. The molecule has 0 saturated carbocycles. The Balaban J connectivity index is 2.92. The molecule has 19 heavy (non-hydrogen) atoms. The van der Waals surface area contributed by atoms with Gasteiger partial charge < -0.3 is 11.1 Å². The van der Waals surface area contributed by atoms with E-state index in [1.54, 1.807) is 0 Å². The Morgan fingerprint density at radius 2 is 2.42 bits per heavy atom. The van der Waals surface area contributed by atoms with Crippen LogP contribution in [0, 0.1) is 21.4 Å². The lowest BCUT2D eigenvalue weighted by Gasteiger charge is -2.13. The van der Waals surface area contributed by atoms with Crippen molar-refractivity contribution in [1.82, 2.24) is 10.3 Å². The summed E-state index contributed by atoms with van der Waals surface area (Å²) in [5.41, 5.74) is 4.96. The number of amides is 1. The van der Waals surface area contributed by atoms with Gasteiger partial charge in [0.2, 0.25) is 5.82 Å². The molecule has 1 rings (SSSR count). The van der Waals surface area contributed by atoms with Crippen molar-refractivity contribution in [3.63, 3.8) is 0 Å². The predicted molar refractivity (Wildman–Crippen MR) is 67.1 cm³/mol. The molecule has 0 spiro atoms. The molecule has 3 N–H and O–H groups in total. The summed E-state index contributed by atoms with van der Waals surface area (Å²) in [5, 5.41) is 21.9. The van der Waals surface area contributed by atoms with E-state index >= 15 is 0 Å². The minimum Gasteiger partial charge on any atom is -0.378 e. The number of nitriles is 1. The summed E-state index contributed by atoms with van der Waals surface area (Å²) in [6.45, 7) is 1.83. The molecule has 1 aromatic heterocycles. The SMILES string of the molecule is CCC(CC#N)NC(=O)c1cnc(N)c([N+](=O)[O-])c1. The lowest BCUT2D eigenvalue weighted by Crippen LogP contribution is -2.34. The molecule has 0 aliphatic rings. The summed E-state index contributed by atoms with van der Waals surface area (Å²) < 4.78 is 0. The number of aromatic nitrogens is 1. The van der Waals surface area contributed by atoms with Gasteiger partial charge in [-0.05, 0) is 6.42 Å². The van der Waals surface area contributed by atoms with E-state index in [-0.39, 0.29) is 23.8 Å². The van der Waals surface area contributed by atoms with Gasteiger partial charge in [0.25, 0.3) is 5.91 Å². The third kappa shape index (κ3) is 3.64. The van der Waals surface area contributed by atoms with Gasteiger partial charge in [0.15, 0.2) is 0 Å². The van der Waals surface area contributed by atoms with Crippen molar-refractivity contribution in [2.45, 2.75) is 25.8 Å². The first kappa shape index (κ1) is 14.4. The van der Waals surface area contributed by atoms with Crippen LogP contribution in [-0.2, 0) is 0 Å². The number of nitrogens with zero attached hydrogens (tertiary/aromatic N) is 3. The molecule has 0 radical (unpaired) electrons. The second kappa shape index (κ2) is 6.30. The third-order valence-corrected chi connectivity index (χ3v) is 2.52. The largest absolute Gasteiger partial charge is 0.378 e. The smallest absolute Gasteiger partial charge is 0.311 e. The first-order chi connectivity index (χ1) is 8.99. The summed E-state index contributed by atoms with van der Waals surface area (Å²) in [4.78, 5) is 25.4. The Labute approximate surface area is 109 Å². The number of nitro groups is 1. The van der Waals surface area contributed by atoms with Crippen LogP contribution < -0.4 is 11.1 Å². The van der Waals surface area contributed by atoms with E-state index in [2.05, 4.69) is 10.3 Å². The number of nitrogens with two attached hydrogens (primary N) is 1. The molecule has 0 aliphatic carbocycles. The quantitative estimate of drug-likeness (QED) is 0.600. The topological polar surface area (TPSA) is 135 Å². The molecule has 0 saturated heterocycles. The number of carbonyl (C=O) groups is 1. The Kier molecular flexibility index (Phi) is 4.76. The van der Waals surface area contributed by atoms with Gasteiger partial charge in [-0.2, -0.15) is 5.26 Å². The van der Waals surface area contributed by atoms with Crippen LogP contribution in [0.4, 0.5) is 11.5 Å². The Bertz CT molecular complexity index is 538. The summed E-state index contributed by atoms with van der Waals surface area (Å²) in [7, 11) is 0. The number of anilines is 1. The maximum absolute atomic E-state index is 11.9. The summed E-state index contributed by atoms with van der Waals surface area (Å²) in [6, 6.07) is 2.72. The van der Waals surface area contributed by atoms with E-state index in [0.29, 0.717) is 6.42 Å². The normalized spacial score (nSPS) is 11.4. The third-order valence-electron chi connectivity index (χ3n) is 2.52. The first-order valence-corrected chi connectivity index (χ1v) is 5.57. The standard InChI is InChI=1S/C11H13N5O3/c1-2-8(3-4-12)15-11(17)7-5-9(16(18)19)10(13)14-6-7/h5-6,8H,2-3H2,1H3,(H2,13,14)(H,15,17). The molecule has 1 heterocycles. The highest BCUT2D eigenvalue weighted by Gasteiger charge is 2.18. The van der Waals surface area contributed by atoms with Gasteiger partial charge >= 0.3 is 5.69 Å². The molecule has 8 nitrogen and oxygen atoms in total. The maximum atomic E-state index is 11.9. The fourth-order valence-corrected chi connectivity index (χ4v) is 1.41.